The van der Waals surface area contributed by atoms with Crippen LogP contribution in [0.15, 0.2) is 20.8 Å². The first-order chi connectivity index (χ1) is 7.56. The van der Waals surface area contributed by atoms with E-state index in [0.717, 1.165) is 11.8 Å². The second-order valence-corrected chi connectivity index (χ2v) is 4.42. The van der Waals surface area contributed by atoms with Gasteiger partial charge in [-0.1, -0.05) is 11.8 Å². The van der Waals surface area contributed by atoms with Crippen LogP contribution in [-0.4, -0.2) is 26.3 Å². The number of amidine groups is 1. The second-order valence-electron chi connectivity index (χ2n) is 3.20. The Hall–Kier alpha value is -1.83. The molecule has 2 rings (SSSR count). The number of amides is 1. The fraction of sp³-hybridized carbons (Fsp3) is 0.250. The third-order valence-corrected chi connectivity index (χ3v) is 3.05. The Morgan fingerprint density at radius 1 is 1.44 bits per heavy atom. The molecular weight excluding hydrogens is 232 g/mol. The van der Waals surface area contributed by atoms with E-state index in [1.54, 1.807) is 0 Å². The zero-order valence-corrected chi connectivity index (χ0v) is 8.84. The van der Waals surface area contributed by atoms with Crippen molar-refractivity contribution in [1.29, 1.82) is 0 Å². The van der Waals surface area contributed by atoms with Gasteiger partial charge in [-0.05, 0) is 0 Å². The predicted molar refractivity (Wildman–Crippen MR) is 59.4 cm³/mol. The number of thioether (sulfide) groups is 1. The molecule has 8 heteroatoms. The van der Waals surface area contributed by atoms with E-state index in [1.807, 2.05) is 0 Å². The van der Waals surface area contributed by atoms with Crippen molar-refractivity contribution in [1.82, 2.24) is 9.97 Å². The van der Waals surface area contributed by atoms with E-state index in [-0.39, 0.29) is 17.5 Å². The zero-order chi connectivity index (χ0) is 11.7. The SMILES string of the molecule is NC1=NC(=O)C(Cc2c[nH]c(=O)[nH]c2=O)S1. The summed E-state index contributed by atoms with van der Waals surface area (Å²) in [6.45, 7) is 0. The molecule has 84 valence electrons. The number of nitrogens with one attached hydrogen (secondary N) is 2. The molecule has 0 spiro atoms. The number of rotatable bonds is 2. The number of nitrogens with two attached hydrogens (primary N) is 1. The van der Waals surface area contributed by atoms with Crippen LogP contribution in [0.5, 0.6) is 0 Å². The number of carbonyl (C=O) groups is 1. The molecule has 0 bridgehead atoms. The molecule has 1 aliphatic heterocycles. The Morgan fingerprint density at radius 3 is 2.75 bits per heavy atom. The summed E-state index contributed by atoms with van der Waals surface area (Å²) < 4.78 is 0. The zero-order valence-electron chi connectivity index (χ0n) is 8.02. The van der Waals surface area contributed by atoms with Gasteiger partial charge in [-0.15, -0.1) is 0 Å². The number of H-pyrrole nitrogens is 2. The van der Waals surface area contributed by atoms with Crippen molar-refractivity contribution in [2.24, 2.45) is 10.7 Å². The molecule has 7 nitrogen and oxygen atoms in total. The normalized spacial score (nSPS) is 19.9. The van der Waals surface area contributed by atoms with Crippen LogP contribution >= 0.6 is 11.8 Å². The molecule has 0 aromatic carbocycles. The van der Waals surface area contributed by atoms with Crippen LogP contribution in [-0.2, 0) is 11.2 Å². The topological polar surface area (TPSA) is 121 Å². The number of aromatic nitrogens is 2. The third kappa shape index (κ3) is 2.06. The van der Waals surface area contributed by atoms with Gasteiger partial charge in [0.15, 0.2) is 5.17 Å². The molecule has 0 aliphatic carbocycles. The smallest absolute Gasteiger partial charge is 0.325 e. The first-order valence-electron chi connectivity index (χ1n) is 4.42. The maximum absolute atomic E-state index is 11.4. The maximum atomic E-state index is 11.4. The van der Waals surface area contributed by atoms with Crippen LogP contribution < -0.4 is 17.0 Å². The van der Waals surface area contributed by atoms with Crippen LogP contribution in [0.25, 0.3) is 0 Å². The Morgan fingerprint density at radius 2 is 2.19 bits per heavy atom. The molecule has 0 fully saturated rings. The van der Waals surface area contributed by atoms with Crippen molar-refractivity contribution >= 4 is 22.8 Å². The summed E-state index contributed by atoms with van der Waals surface area (Å²) in [5.74, 6) is -0.354. The molecule has 1 unspecified atom stereocenters. The lowest BCUT2D eigenvalue weighted by Gasteiger charge is -2.04. The van der Waals surface area contributed by atoms with Crippen LogP contribution in [0.1, 0.15) is 5.56 Å². The summed E-state index contributed by atoms with van der Waals surface area (Å²) in [5, 5.41) is -0.275. The Balaban J connectivity index is 2.20. The summed E-state index contributed by atoms with van der Waals surface area (Å²) in [6, 6.07) is 0. The Labute approximate surface area is 93.2 Å². The molecule has 2 heterocycles. The van der Waals surface area contributed by atoms with Gasteiger partial charge in [0.1, 0.15) is 0 Å². The first kappa shape index (κ1) is 10.7. The highest BCUT2D eigenvalue weighted by Gasteiger charge is 2.27. The van der Waals surface area contributed by atoms with Gasteiger partial charge in [-0.25, -0.2) is 4.79 Å². The summed E-state index contributed by atoms with van der Waals surface area (Å²) in [4.78, 5) is 41.4. The fourth-order valence-corrected chi connectivity index (χ4v) is 2.17. The van der Waals surface area contributed by atoms with Crippen molar-refractivity contribution in [3.05, 3.63) is 32.6 Å². The number of aromatic amines is 2. The number of hydrogen-bond acceptors (Lipinski definition) is 5. The number of aliphatic imine (C=N–C) groups is 1. The highest BCUT2D eigenvalue weighted by molar-refractivity contribution is 8.15. The van der Waals surface area contributed by atoms with E-state index < -0.39 is 16.5 Å². The van der Waals surface area contributed by atoms with E-state index >= 15 is 0 Å². The lowest BCUT2D eigenvalue weighted by molar-refractivity contribution is -0.117. The van der Waals surface area contributed by atoms with E-state index in [2.05, 4.69) is 15.0 Å². The third-order valence-electron chi connectivity index (χ3n) is 2.06. The second kappa shape index (κ2) is 3.97. The maximum Gasteiger partial charge on any atom is 0.325 e. The summed E-state index contributed by atoms with van der Waals surface area (Å²) in [6.07, 6.45) is 1.49. The number of carbonyl (C=O) groups excluding carboxylic acids is 1. The van der Waals surface area contributed by atoms with Crippen molar-refractivity contribution in [3.63, 3.8) is 0 Å². The first-order valence-corrected chi connectivity index (χ1v) is 5.30. The van der Waals surface area contributed by atoms with E-state index in [4.69, 9.17) is 5.73 Å². The standard InChI is InChI=1S/C8H8N4O3S/c9-7-11-6(14)4(16-7)1-3-2-10-8(15)12-5(3)13/h2,4H,1H2,(H2,9,11,14)(H2,10,12,13,15). The highest BCUT2D eigenvalue weighted by Crippen LogP contribution is 2.22. The summed E-state index contributed by atoms with van der Waals surface area (Å²) >= 11 is 1.11. The molecule has 1 atom stereocenters. The Kier molecular flexibility index (Phi) is 2.65. The molecule has 1 amide bonds. The molecule has 16 heavy (non-hydrogen) atoms. The van der Waals surface area contributed by atoms with Gasteiger partial charge >= 0.3 is 5.69 Å². The largest absolute Gasteiger partial charge is 0.378 e. The van der Waals surface area contributed by atoms with Crippen LogP contribution in [0.3, 0.4) is 0 Å². The van der Waals surface area contributed by atoms with Crippen molar-refractivity contribution in [3.8, 4) is 0 Å². The molecule has 0 radical (unpaired) electrons. The molecule has 4 N–H and O–H groups in total. The molecule has 0 saturated heterocycles. The average molecular weight is 240 g/mol. The summed E-state index contributed by atoms with van der Waals surface area (Å²) in [5.41, 5.74) is 4.64. The van der Waals surface area contributed by atoms with Gasteiger partial charge in [0.05, 0.1) is 5.25 Å². The van der Waals surface area contributed by atoms with Crippen LogP contribution in [0.2, 0.25) is 0 Å². The van der Waals surface area contributed by atoms with Crippen molar-refractivity contribution in [2.45, 2.75) is 11.7 Å². The van der Waals surface area contributed by atoms with Crippen molar-refractivity contribution in [2.75, 3.05) is 0 Å². The number of nitrogens with zero attached hydrogens (tertiary/aromatic N) is 1. The predicted octanol–water partition coefficient (Wildman–Crippen LogP) is -1.44. The fourth-order valence-electron chi connectivity index (χ4n) is 1.32. The van der Waals surface area contributed by atoms with E-state index in [1.165, 1.54) is 6.20 Å². The van der Waals surface area contributed by atoms with Gasteiger partial charge < -0.3 is 10.7 Å². The van der Waals surface area contributed by atoms with Gasteiger partial charge in [0.25, 0.3) is 11.5 Å². The lowest BCUT2D eigenvalue weighted by atomic mass is 10.2. The molecule has 0 saturated carbocycles. The van der Waals surface area contributed by atoms with Crippen LogP contribution in [0, 0.1) is 0 Å². The minimum absolute atomic E-state index is 0.194. The van der Waals surface area contributed by atoms with Crippen LogP contribution in [0.4, 0.5) is 0 Å². The quantitative estimate of drug-likeness (QED) is 0.584. The van der Waals surface area contributed by atoms with Gasteiger partial charge in [-0.2, -0.15) is 4.99 Å². The molecule has 1 aromatic heterocycles. The highest BCUT2D eigenvalue weighted by atomic mass is 32.2. The monoisotopic (exact) mass is 240 g/mol. The molecule has 1 aromatic rings. The Bertz CT molecular complexity index is 573. The van der Waals surface area contributed by atoms with Gasteiger partial charge in [0, 0.05) is 18.2 Å². The van der Waals surface area contributed by atoms with E-state index in [0.29, 0.717) is 5.56 Å². The lowest BCUT2D eigenvalue weighted by Crippen LogP contribution is -2.27. The molecule has 1 aliphatic rings. The molecular formula is C8H8N4O3S. The van der Waals surface area contributed by atoms with Gasteiger partial charge in [-0.3, -0.25) is 14.6 Å². The number of hydrogen-bond donors (Lipinski definition) is 3. The summed E-state index contributed by atoms with van der Waals surface area (Å²) in [7, 11) is 0. The van der Waals surface area contributed by atoms with E-state index in [9.17, 15) is 14.4 Å². The minimum atomic E-state index is -0.574. The average Bonchev–Trinajstić information content (AvgIpc) is 2.50. The van der Waals surface area contributed by atoms with Gasteiger partial charge in [0.2, 0.25) is 0 Å². The van der Waals surface area contributed by atoms with Crippen molar-refractivity contribution < 1.29 is 4.79 Å². The minimum Gasteiger partial charge on any atom is -0.378 e.